The minimum absolute atomic E-state index is 0.00150. The molecule has 26 heavy (non-hydrogen) atoms. The van der Waals surface area contributed by atoms with Crippen LogP contribution in [0.5, 0.6) is 0 Å². The number of ether oxygens (including phenoxy) is 1. The summed E-state index contributed by atoms with van der Waals surface area (Å²) >= 11 is 0. The van der Waals surface area contributed by atoms with E-state index in [0.717, 1.165) is 58.7 Å². The van der Waals surface area contributed by atoms with E-state index in [2.05, 4.69) is 9.88 Å². The highest BCUT2D eigenvalue weighted by Crippen LogP contribution is 2.22. The molecule has 4 rings (SSSR count). The zero-order chi connectivity index (χ0) is 17.9. The second-order valence-corrected chi connectivity index (χ2v) is 7.12. The van der Waals surface area contributed by atoms with Crippen molar-refractivity contribution in [3.05, 3.63) is 41.8 Å². The number of likely N-dealkylation sites (tertiary alicyclic amines) is 1. The molecule has 1 atom stereocenters. The molecular formula is C20H24FN3O2. The molecule has 2 aliphatic rings. The number of halogens is 1. The molecule has 1 unspecified atom stereocenters. The topological polar surface area (TPSA) is 45.7 Å². The van der Waals surface area contributed by atoms with Crippen LogP contribution in [-0.4, -0.2) is 66.1 Å². The van der Waals surface area contributed by atoms with Gasteiger partial charge in [-0.15, -0.1) is 0 Å². The van der Waals surface area contributed by atoms with Gasteiger partial charge < -0.3 is 9.64 Å². The average Bonchev–Trinajstić information content (AvgIpc) is 2.68. The predicted molar refractivity (Wildman–Crippen MR) is 97.6 cm³/mol. The van der Waals surface area contributed by atoms with Gasteiger partial charge in [-0.25, -0.2) is 4.39 Å². The maximum absolute atomic E-state index is 13.5. The fourth-order valence-corrected chi connectivity index (χ4v) is 3.92. The van der Waals surface area contributed by atoms with Crippen molar-refractivity contribution < 1.29 is 13.9 Å². The largest absolute Gasteiger partial charge is 0.379 e. The lowest BCUT2D eigenvalue weighted by Crippen LogP contribution is -2.51. The first kappa shape index (κ1) is 17.4. The van der Waals surface area contributed by atoms with E-state index in [9.17, 15) is 9.18 Å². The Kier molecular flexibility index (Phi) is 5.13. The third kappa shape index (κ3) is 3.71. The smallest absolute Gasteiger partial charge is 0.255 e. The Hall–Kier alpha value is -2.05. The minimum Gasteiger partial charge on any atom is -0.379 e. The molecule has 1 amide bonds. The number of benzene rings is 1. The summed E-state index contributed by atoms with van der Waals surface area (Å²) in [5.41, 5.74) is 1.24. The Labute approximate surface area is 152 Å². The number of hydrogen-bond donors (Lipinski definition) is 0. The summed E-state index contributed by atoms with van der Waals surface area (Å²) in [5.74, 6) is -0.311. The van der Waals surface area contributed by atoms with Crippen LogP contribution in [0.1, 0.15) is 29.6 Å². The molecule has 0 N–H and O–H groups in total. The molecule has 3 heterocycles. The van der Waals surface area contributed by atoms with Gasteiger partial charge in [0.05, 0.1) is 24.3 Å². The highest BCUT2D eigenvalue weighted by atomic mass is 19.1. The summed E-state index contributed by atoms with van der Waals surface area (Å²) in [6.07, 6.45) is 4.82. The van der Waals surface area contributed by atoms with Crippen LogP contribution in [0.2, 0.25) is 0 Å². The van der Waals surface area contributed by atoms with Crippen LogP contribution in [0.4, 0.5) is 4.39 Å². The number of carbonyl (C=O) groups excluding carboxylic acids is 1. The van der Waals surface area contributed by atoms with Gasteiger partial charge in [0.15, 0.2) is 0 Å². The summed E-state index contributed by atoms with van der Waals surface area (Å²) in [7, 11) is 0. The standard InChI is InChI=1S/C20H24FN3O2/c21-17-4-5-19-15(12-17)11-16(13-22-19)20(25)24-6-2-1-3-18(24)14-23-7-9-26-10-8-23/h4-5,11-13,18H,1-3,6-10,14H2. The molecule has 0 saturated carbocycles. The first-order valence-corrected chi connectivity index (χ1v) is 9.37. The van der Waals surface area contributed by atoms with E-state index in [-0.39, 0.29) is 17.8 Å². The van der Waals surface area contributed by atoms with Gasteiger partial charge in [0.2, 0.25) is 0 Å². The van der Waals surface area contributed by atoms with Crippen LogP contribution in [0.15, 0.2) is 30.5 Å². The van der Waals surface area contributed by atoms with E-state index >= 15 is 0 Å². The van der Waals surface area contributed by atoms with Crippen LogP contribution >= 0.6 is 0 Å². The zero-order valence-corrected chi connectivity index (χ0v) is 14.9. The van der Waals surface area contributed by atoms with Crippen molar-refractivity contribution in [2.24, 2.45) is 0 Å². The van der Waals surface area contributed by atoms with Crippen molar-refractivity contribution in [1.82, 2.24) is 14.8 Å². The molecular weight excluding hydrogens is 333 g/mol. The fraction of sp³-hybridized carbons (Fsp3) is 0.500. The minimum atomic E-state index is -0.313. The molecule has 5 nitrogen and oxygen atoms in total. The number of amides is 1. The monoisotopic (exact) mass is 357 g/mol. The molecule has 2 aliphatic heterocycles. The lowest BCUT2D eigenvalue weighted by molar-refractivity contribution is 0.0166. The van der Waals surface area contributed by atoms with Crippen LogP contribution in [-0.2, 0) is 4.74 Å². The van der Waals surface area contributed by atoms with Gasteiger partial charge in [0.1, 0.15) is 5.82 Å². The van der Waals surface area contributed by atoms with E-state index in [1.54, 1.807) is 18.3 Å². The van der Waals surface area contributed by atoms with Crippen molar-refractivity contribution in [1.29, 1.82) is 0 Å². The first-order valence-electron chi connectivity index (χ1n) is 9.37. The molecule has 1 aromatic heterocycles. The second-order valence-electron chi connectivity index (χ2n) is 7.12. The number of morpholine rings is 1. The van der Waals surface area contributed by atoms with Gasteiger partial charge in [-0.3, -0.25) is 14.7 Å². The van der Waals surface area contributed by atoms with Gasteiger partial charge in [0, 0.05) is 43.8 Å². The fourth-order valence-electron chi connectivity index (χ4n) is 3.92. The van der Waals surface area contributed by atoms with Crippen molar-refractivity contribution in [3.8, 4) is 0 Å². The number of nitrogens with zero attached hydrogens (tertiary/aromatic N) is 3. The number of hydrogen-bond acceptors (Lipinski definition) is 4. The molecule has 1 aromatic carbocycles. The molecule has 0 aliphatic carbocycles. The van der Waals surface area contributed by atoms with E-state index in [1.807, 2.05) is 4.90 Å². The van der Waals surface area contributed by atoms with Crippen LogP contribution in [0, 0.1) is 5.82 Å². The number of rotatable bonds is 3. The van der Waals surface area contributed by atoms with E-state index < -0.39 is 0 Å². The van der Waals surface area contributed by atoms with E-state index in [0.29, 0.717) is 16.5 Å². The van der Waals surface area contributed by atoms with Crippen molar-refractivity contribution in [2.45, 2.75) is 25.3 Å². The maximum atomic E-state index is 13.5. The molecule has 0 radical (unpaired) electrons. The maximum Gasteiger partial charge on any atom is 0.255 e. The number of aromatic nitrogens is 1. The van der Waals surface area contributed by atoms with Crippen LogP contribution in [0.25, 0.3) is 10.9 Å². The lowest BCUT2D eigenvalue weighted by atomic mass is 10.00. The Bertz CT molecular complexity index is 792. The first-order chi connectivity index (χ1) is 12.7. The summed E-state index contributed by atoms with van der Waals surface area (Å²) in [6, 6.07) is 6.44. The van der Waals surface area contributed by atoms with Gasteiger partial charge >= 0.3 is 0 Å². The van der Waals surface area contributed by atoms with Crippen molar-refractivity contribution in [3.63, 3.8) is 0 Å². The molecule has 0 spiro atoms. The summed E-state index contributed by atoms with van der Waals surface area (Å²) in [4.78, 5) is 21.8. The lowest BCUT2D eigenvalue weighted by Gasteiger charge is -2.39. The Morgan fingerprint density at radius 2 is 2.04 bits per heavy atom. The molecule has 138 valence electrons. The number of piperidine rings is 1. The number of pyridine rings is 1. The van der Waals surface area contributed by atoms with Gasteiger partial charge in [0.25, 0.3) is 5.91 Å². The zero-order valence-electron chi connectivity index (χ0n) is 14.9. The second kappa shape index (κ2) is 7.68. The van der Waals surface area contributed by atoms with Crippen LogP contribution in [0.3, 0.4) is 0 Å². The van der Waals surface area contributed by atoms with Gasteiger partial charge in [-0.05, 0) is 43.5 Å². The van der Waals surface area contributed by atoms with E-state index in [4.69, 9.17) is 4.74 Å². The SMILES string of the molecule is O=C(c1cnc2ccc(F)cc2c1)N1CCCCC1CN1CCOCC1. The van der Waals surface area contributed by atoms with Crippen molar-refractivity contribution >= 4 is 16.8 Å². The Balaban J connectivity index is 1.54. The van der Waals surface area contributed by atoms with Crippen LogP contribution < -0.4 is 0 Å². The predicted octanol–water partition coefficient (Wildman–Crippen LogP) is 2.70. The average molecular weight is 357 g/mol. The normalized spacial score (nSPS) is 21.9. The third-order valence-electron chi connectivity index (χ3n) is 5.35. The quantitative estimate of drug-likeness (QED) is 0.847. The van der Waals surface area contributed by atoms with Gasteiger partial charge in [-0.1, -0.05) is 0 Å². The molecule has 6 heteroatoms. The molecule has 2 saturated heterocycles. The molecule has 2 aromatic rings. The highest BCUT2D eigenvalue weighted by Gasteiger charge is 2.29. The van der Waals surface area contributed by atoms with Crippen molar-refractivity contribution in [2.75, 3.05) is 39.4 Å². The molecule has 2 fully saturated rings. The van der Waals surface area contributed by atoms with Gasteiger partial charge in [-0.2, -0.15) is 0 Å². The number of carbonyl (C=O) groups is 1. The third-order valence-corrected chi connectivity index (χ3v) is 5.35. The van der Waals surface area contributed by atoms with E-state index in [1.165, 1.54) is 12.1 Å². The Morgan fingerprint density at radius 1 is 1.19 bits per heavy atom. The molecule has 0 bridgehead atoms. The highest BCUT2D eigenvalue weighted by molar-refractivity contribution is 5.97. The summed E-state index contributed by atoms with van der Waals surface area (Å²) in [5, 5.41) is 0.664. The number of fused-ring (bicyclic) bond motifs is 1. The summed E-state index contributed by atoms with van der Waals surface area (Å²) in [6.45, 7) is 5.05. The summed E-state index contributed by atoms with van der Waals surface area (Å²) < 4.78 is 18.9. The Morgan fingerprint density at radius 3 is 2.88 bits per heavy atom.